The van der Waals surface area contributed by atoms with Gasteiger partial charge in [-0.15, -0.1) is 35.7 Å². The van der Waals surface area contributed by atoms with Crippen LogP contribution in [0.1, 0.15) is 86.3 Å². The molecule has 0 radical (unpaired) electrons. The SMILES string of the molecule is [2H]C(C)(c1cc(-c2cccc3c4ccccc4c4ccccc4c4cccc5c4n(c23)[CH-]N5c2[c-]c(Oc3[c-]c4c(cc3)c3ccccc3n4-c3cc(C(C)(C)C)ccn3)cc([N+]#[C-])c2)cc(C(C)(C)C)c1)C(C)C.[Pt]. The van der Waals surface area contributed by atoms with E-state index >= 15 is 0 Å². The van der Waals surface area contributed by atoms with Crippen molar-refractivity contribution in [3.8, 4) is 28.4 Å². The van der Waals surface area contributed by atoms with Crippen molar-refractivity contribution in [2.24, 2.45) is 5.92 Å². The molecular weight excluding hydrogens is 1100 g/mol. The summed E-state index contributed by atoms with van der Waals surface area (Å²) in [5.41, 5.74) is 11.1. The van der Waals surface area contributed by atoms with Crippen LogP contribution in [-0.4, -0.2) is 14.1 Å². The maximum absolute atomic E-state index is 9.72. The van der Waals surface area contributed by atoms with E-state index in [1.807, 2.05) is 25.3 Å². The standard InChI is InChI=1S/C68H58N5O.Pt/c1-42(2)43(3)44-33-45(35-47(34-44)68(7,8)9)52-24-17-25-59-55-21-13-11-19-53(55)54-20-12-14-22-56(54)60-26-18-28-62-66(60)72(65(52)59)41-71(62)49-37-48(69-10)38-51(39-49)74-50-29-30-58-57-23-15-16-27-61(57)73(63(58)40-50)64-36-46(31-32-70-64)67(4,5)6;/h11-38,41-43H,1-9H3;/q-3;/i43D;. The molecule has 0 spiro atoms. The van der Waals surface area contributed by atoms with Crippen molar-refractivity contribution in [2.45, 2.75) is 79.0 Å². The first-order chi connectivity index (χ1) is 36.0. The van der Waals surface area contributed by atoms with Crippen molar-refractivity contribution in [3.05, 3.63) is 217 Å². The molecule has 1 aliphatic rings. The molecule has 0 amide bonds. The van der Waals surface area contributed by atoms with Gasteiger partial charge in [-0.2, -0.15) is 6.07 Å². The van der Waals surface area contributed by atoms with Crippen LogP contribution < -0.4 is 9.64 Å². The van der Waals surface area contributed by atoms with Gasteiger partial charge in [0, 0.05) is 51.3 Å². The first-order valence-corrected chi connectivity index (χ1v) is 25.6. The number of anilines is 2. The van der Waals surface area contributed by atoms with E-state index in [1.54, 1.807) is 6.07 Å². The molecule has 12 rings (SSSR count). The van der Waals surface area contributed by atoms with Crippen molar-refractivity contribution in [1.82, 2.24) is 14.1 Å². The molecule has 0 bridgehead atoms. The van der Waals surface area contributed by atoms with Crippen molar-refractivity contribution in [2.75, 3.05) is 4.90 Å². The Labute approximate surface area is 456 Å². The number of fused-ring (bicyclic) bond motifs is 10. The molecule has 0 saturated carbocycles. The molecule has 8 aromatic carbocycles. The minimum atomic E-state index is -0.831. The van der Waals surface area contributed by atoms with Crippen LogP contribution in [0.5, 0.6) is 11.5 Å². The Balaban J connectivity index is 0.00000616. The fourth-order valence-corrected chi connectivity index (χ4v) is 10.8. The molecular formula is C68H58N5OPt-3. The molecule has 4 heterocycles. The second kappa shape index (κ2) is 18.8. The number of ether oxygens (including phenoxy) is 1. The Morgan fingerprint density at radius 3 is 1.91 bits per heavy atom. The number of aromatic nitrogens is 3. The van der Waals surface area contributed by atoms with Gasteiger partial charge in [-0.3, -0.25) is 4.85 Å². The van der Waals surface area contributed by atoms with Crippen LogP contribution in [0.4, 0.5) is 17.1 Å². The van der Waals surface area contributed by atoms with Crippen LogP contribution in [-0.2, 0) is 31.9 Å². The fourth-order valence-electron chi connectivity index (χ4n) is 10.8. The van der Waals surface area contributed by atoms with Gasteiger partial charge in [0.15, 0.2) is 0 Å². The summed E-state index contributed by atoms with van der Waals surface area (Å²) in [6.45, 7) is 30.2. The van der Waals surface area contributed by atoms with Gasteiger partial charge < -0.3 is 18.8 Å². The van der Waals surface area contributed by atoms with Crippen molar-refractivity contribution < 1.29 is 27.2 Å². The molecule has 1 atom stereocenters. The third kappa shape index (κ3) is 8.58. The van der Waals surface area contributed by atoms with Crippen LogP contribution in [0.15, 0.2) is 170 Å². The molecule has 3 aromatic heterocycles. The first-order valence-electron chi connectivity index (χ1n) is 26.1. The van der Waals surface area contributed by atoms with Crippen LogP contribution in [0.2, 0.25) is 0 Å². The molecule has 0 N–H and O–H groups in total. The minimum absolute atomic E-state index is 0. The smallest absolute Gasteiger partial charge is 0.135 e. The van der Waals surface area contributed by atoms with E-state index < -0.39 is 5.89 Å². The summed E-state index contributed by atoms with van der Waals surface area (Å²) in [6, 6.07) is 64.9. The van der Waals surface area contributed by atoms with Crippen molar-refractivity contribution in [3.63, 3.8) is 0 Å². The summed E-state index contributed by atoms with van der Waals surface area (Å²) in [7, 11) is 0. The first kappa shape index (κ1) is 48.1. The summed E-state index contributed by atoms with van der Waals surface area (Å²) < 4.78 is 21.0. The maximum Gasteiger partial charge on any atom is 0.135 e. The number of hydrogen-bond donors (Lipinski definition) is 0. The summed E-state index contributed by atoms with van der Waals surface area (Å²) in [5.74, 6) is 0.943. The third-order valence-electron chi connectivity index (χ3n) is 15.0. The van der Waals surface area contributed by atoms with Gasteiger partial charge in [0.25, 0.3) is 0 Å². The summed E-state index contributed by atoms with van der Waals surface area (Å²) >= 11 is 0. The second-order valence-corrected chi connectivity index (χ2v) is 22.1. The largest absolute Gasteiger partial charge is 0.510 e. The number of rotatable bonds is 7. The number of para-hydroxylation sites is 3. The summed E-state index contributed by atoms with van der Waals surface area (Å²) in [5, 5.41) is 8.79. The van der Waals surface area contributed by atoms with Gasteiger partial charge in [0.1, 0.15) is 5.82 Å². The van der Waals surface area contributed by atoms with E-state index in [0.29, 0.717) is 22.9 Å². The van der Waals surface area contributed by atoms with E-state index in [4.69, 9.17) is 16.3 Å². The van der Waals surface area contributed by atoms with Crippen LogP contribution in [0.25, 0.3) is 86.9 Å². The zero-order valence-corrected chi connectivity index (χ0v) is 46.1. The number of nitrogens with zero attached hydrogens (tertiary/aromatic N) is 5. The van der Waals surface area contributed by atoms with Crippen LogP contribution >= 0.6 is 0 Å². The molecule has 0 aliphatic carbocycles. The normalized spacial score (nSPS) is 13.5. The molecule has 0 fully saturated rings. The van der Waals surface area contributed by atoms with Gasteiger partial charge in [-0.05, 0) is 130 Å². The second-order valence-electron chi connectivity index (χ2n) is 22.1. The average Bonchev–Trinajstić information content (AvgIpc) is 4.02. The van der Waals surface area contributed by atoms with Crippen molar-refractivity contribution >= 4 is 82.2 Å². The Bertz CT molecular complexity index is 4260. The van der Waals surface area contributed by atoms with E-state index in [9.17, 15) is 1.37 Å². The number of pyridine rings is 1. The van der Waals surface area contributed by atoms with Crippen molar-refractivity contribution in [1.29, 1.82) is 0 Å². The predicted octanol–water partition coefficient (Wildman–Crippen LogP) is 18.8. The zero-order chi connectivity index (χ0) is 52.1. The van der Waals surface area contributed by atoms with Crippen LogP contribution in [0.3, 0.4) is 0 Å². The van der Waals surface area contributed by atoms with E-state index in [2.05, 4.69) is 239 Å². The number of hydrogen-bond acceptors (Lipinski definition) is 3. The predicted molar refractivity (Wildman–Crippen MR) is 309 cm³/mol. The summed E-state index contributed by atoms with van der Waals surface area (Å²) in [4.78, 5) is 11.0. The van der Waals surface area contributed by atoms with Gasteiger partial charge in [-0.25, -0.2) is 4.98 Å². The topological polar surface area (TPSA) is 39.6 Å². The third-order valence-corrected chi connectivity index (χ3v) is 15.0. The van der Waals surface area contributed by atoms with E-state index in [0.717, 1.165) is 93.4 Å². The van der Waals surface area contributed by atoms with Gasteiger partial charge in [0.05, 0.1) is 12.3 Å². The minimum Gasteiger partial charge on any atom is -0.510 e. The zero-order valence-electron chi connectivity index (χ0n) is 44.8. The van der Waals surface area contributed by atoms with Gasteiger partial charge in [-0.1, -0.05) is 189 Å². The number of benzene rings is 8. The molecule has 7 heteroatoms. The van der Waals surface area contributed by atoms with Crippen LogP contribution in [0, 0.1) is 31.3 Å². The molecule has 0 saturated heterocycles. The quantitative estimate of drug-likeness (QED) is 0.149. The average molecular weight is 1160 g/mol. The monoisotopic (exact) mass is 1160 g/mol. The molecule has 1 aliphatic heterocycles. The molecule has 1 unspecified atom stereocenters. The maximum atomic E-state index is 9.72. The fraction of sp³-hybridized carbons (Fsp3) is 0.191. The van der Waals surface area contributed by atoms with Gasteiger partial charge >= 0.3 is 0 Å². The molecule has 374 valence electrons. The summed E-state index contributed by atoms with van der Waals surface area (Å²) in [6.07, 6.45) is 1.88. The molecule has 11 aromatic rings. The Morgan fingerprint density at radius 2 is 1.24 bits per heavy atom. The van der Waals surface area contributed by atoms with E-state index in [1.165, 1.54) is 11.1 Å². The molecule has 6 nitrogen and oxygen atoms in total. The van der Waals surface area contributed by atoms with E-state index in [-0.39, 0.29) is 37.8 Å². The Hall–Kier alpha value is -7.84. The Kier molecular flexibility index (Phi) is 12.1. The van der Waals surface area contributed by atoms with Gasteiger partial charge in [0.2, 0.25) is 0 Å². The molecule has 75 heavy (non-hydrogen) atoms. The Morgan fingerprint density at radius 1 is 0.613 bits per heavy atom.